The molecule has 29 heavy (non-hydrogen) atoms. The smallest absolute Gasteiger partial charge is 0.227 e. The Morgan fingerprint density at radius 3 is 2.69 bits per heavy atom. The summed E-state index contributed by atoms with van der Waals surface area (Å²) < 4.78 is 34.1. The molecule has 8 heteroatoms. The SMILES string of the molecule is O=C(Cc1ccccc1)N1C[C@@H]2C[C@@H]3[C@@](C1)(CN(Cc1cccnc1)S3(=O)=O)O2. The molecule has 0 aliphatic carbocycles. The minimum Gasteiger partial charge on any atom is -0.365 e. The van der Waals surface area contributed by atoms with Gasteiger partial charge in [-0.1, -0.05) is 36.4 Å². The van der Waals surface area contributed by atoms with E-state index in [-0.39, 0.29) is 25.1 Å². The first kappa shape index (κ1) is 18.7. The fourth-order valence-electron chi connectivity index (χ4n) is 4.86. The molecule has 7 nitrogen and oxygen atoms in total. The van der Waals surface area contributed by atoms with E-state index in [4.69, 9.17) is 4.74 Å². The van der Waals surface area contributed by atoms with E-state index in [1.807, 2.05) is 36.4 Å². The van der Waals surface area contributed by atoms with Crippen molar-refractivity contribution < 1.29 is 17.9 Å². The quantitative estimate of drug-likeness (QED) is 0.753. The van der Waals surface area contributed by atoms with E-state index in [0.717, 1.165) is 11.1 Å². The van der Waals surface area contributed by atoms with Crippen LogP contribution in [0.15, 0.2) is 54.9 Å². The molecule has 0 saturated carbocycles. The zero-order valence-electron chi connectivity index (χ0n) is 16.0. The first-order valence-electron chi connectivity index (χ1n) is 9.84. The van der Waals surface area contributed by atoms with Gasteiger partial charge in [0, 0.05) is 32.0 Å². The minimum absolute atomic E-state index is 0.0210. The molecular weight excluding hydrogens is 390 g/mol. The lowest BCUT2D eigenvalue weighted by Crippen LogP contribution is -2.56. The van der Waals surface area contributed by atoms with Crippen molar-refractivity contribution in [3.05, 3.63) is 66.0 Å². The van der Waals surface area contributed by atoms with Crippen molar-refractivity contribution in [3.63, 3.8) is 0 Å². The summed E-state index contributed by atoms with van der Waals surface area (Å²) in [6, 6.07) is 13.3. The van der Waals surface area contributed by atoms with E-state index >= 15 is 0 Å². The lowest BCUT2D eigenvalue weighted by Gasteiger charge is -2.39. The van der Waals surface area contributed by atoms with E-state index in [9.17, 15) is 13.2 Å². The van der Waals surface area contributed by atoms with Crippen molar-refractivity contribution in [1.29, 1.82) is 0 Å². The number of nitrogens with zero attached hydrogens (tertiary/aromatic N) is 3. The number of hydrogen-bond acceptors (Lipinski definition) is 5. The number of aromatic nitrogens is 1. The summed E-state index contributed by atoms with van der Waals surface area (Å²) in [6.45, 7) is 1.34. The molecular formula is C21H23N3O4S. The van der Waals surface area contributed by atoms with Gasteiger partial charge in [-0.3, -0.25) is 9.78 Å². The Hall–Kier alpha value is -2.29. The topological polar surface area (TPSA) is 79.8 Å². The zero-order chi connectivity index (χ0) is 20.1. The van der Waals surface area contributed by atoms with Crippen LogP contribution in [0.25, 0.3) is 0 Å². The predicted molar refractivity (Wildman–Crippen MR) is 106 cm³/mol. The maximum absolute atomic E-state index is 13.2. The molecule has 1 amide bonds. The fourth-order valence-corrected chi connectivity index (χ4v) is 7.15. The number of rotatable bonds is 4. The van der Waals surface area contributed by atoms with Crippen molar-refractivity contribution in [3.8, 4) is 0 Å². The van der Waals surface area contributed by atoms with Crippen LogP contribution in [0.5, 0.6) is 0 Å². The van der Waals surface area contributed by atoms with E-state index in [2.05, 4.69) is 4.98 Å². The van der Waals surface area contributed by atoms with Crippen molar-refractivity contribution in [2.75, 3.05) is 19.6 Å². The van der Waals surface area contributed by atoms with Gasteiger partial charge in [-0.2, -0.15) is 4.31 Å². The highest BCUT2D eigenvalue weighted by Crippen LogP contribution is 2.47. The van der Waals surface area contributed by atoms with Gasteiger partial charge in [-0.15, -0.1) is 0 Å². The lowest BCUT2D eigenvalue weighted by molar-refractivity contribution is -0.150. The molecule has 3 aliphatic heterocycles. The molecule has 3 atom stereocenters. The first-order chi connectivity index (χ1) is 14.0. The molecule has 4 heterocycles. The Kier molecular flexibility index (Phi) is 4.45. The number of amides is 1. The monoisotopic (exact) mass is 413 g/mol. The molecule has 3 aliphatic rings. The third-order valence-corrected chi connectivity index (χ3v) is 8.46. The van der Waals surface area contributed by atoms with Gasteiger partial charge >= 0.3 is 0 Å². The summed E-state index contributed by atoms with van der Waals surface area (Å²) in [5.41, 5.74) is 0.968. The van der Waals surface area contributed by atoms with E-state index in [0.29, 0.717) is 25.9 Å². The van der Waals surface area contributed by atoms with Gasteiger partial charge in [0.25, 0.3) is 0 Å². The van der Waals surface area contributed by atoms with Crippen molar-refractivity contribution in [2.45, 2.75) is 36.3 Å². The maximum Gasteiger partial charge on any atom is 0.227 e. The number of sulfonamides is 1. The van der Waals surface area contributed by atoms with Crippen LogP contribution >= 0.6 is 0 Å². The second-order valence-corrected chi connectivity index (χ2v) is 10.3. The molecule has 5 rings (SSSR count). The maximum atomic E-state index is 13.2. The van der Waals surface area contributed by atoms with E-state index in [1.165, 1.54) is 4.31 Å². The minimum atomic E-state index is -3.49. The highest BCUT2D eigenvalue weighted by Gasteiger charge is 2.65. The molecule has 2 aromatic rings. The average molecular weight is 413 g/mol. The summed E-state index contributed by atoms with van der Waals surface area (Å²) in [4.78, 5) is 18.8. The summed E-state index contributed by atoms with van der Waals surface area (Å²) in [5, 5.41) is -0.591. The normalized spacial score (nSPS) is 30.3. The standard InChI is InChI=1S/C21H23N3O4S/c25-20(9-16-5-2-1-3-6-16)23-13-18-10-19-21(14-23,28-18)15-24(29(19,26)27)12-17-7-4-8-22-11-17/h1-8,11,18-19H,9-10,12-15H2/t18-,19+,21+/m0/s1. The molecule has 3 saturated heterocycles. The zero-order valence-corrected chi connectivity index (χ0v) is 16.8. The van der Waals surface area contributed by atoms with Gasteiger partial charge in [0.1, 0.15) is 10.9 Å². The fraction of sp³-hybridized carbons (Fsp3) is 0.429. The van der Waals surface area contributed by atoms with Crippen LogP contribution in [0.3, 0.4) is 0 Å². The van der Waals surface area contributed by atoms with Crippen LogP contribution in [-0.2, 0) is 32.5 Å². The Labute approximate surface area is 170 Å². The second kappa shape index (κ2) is 6.90. The third-order valence-electron chi connectivity index (χ3n) is 6.14. The number of hydrogen-bond donors (Lipinski definition) is 0. The van der Waals surface area contributed by atoms with Crippen LogP contribution in [0.2, 0.25) is 0 Å². The molecule has 1 spiro atoms. The second-order valence-electron chi connectivity index (χ2n) is 8.14. The highest BCUT2D eigenvalue weighted by molar-refractivity contribution is 7.90. The molecule has 152 valence electrons. The predicted octanol–water partition coefficient (Wildman–Crippen LogP) is 1.21. The van der Waals surface area contributed by atoms with E-state index < -0.39 is 20.9 Å². The summed E-state index contributed by atoms with van der Waals surface area (Å²) in [7, 11) is -3.49. The number of morpholine rings is 1. The number of pyridine rings is 1. The number of benzene rings is 1. The Bertz CT molecular complexity index is 1010. The lowest BCUT2D eigenvalue weighted by atomic mass is 9.99. The van der Waals surface area contributed by atoms with Gasteiger partial charge in [-0.05, 0) is 23.6 Å². The number of fused-ring (bicyclic) bond motifs is 1. The molecule has 0 N–H and O–H groups in total. The van der Waals surface area contributed by atoms with Crippen molar-refractivity contribution in [1.82, 2.24) is 14.2 Å². The average Bonchev–Trinajstić information content (AvgIpc) is 3.08. The van der Waals surface area contributed by atoms with Gasteiger partial charge in [-0.25, -0.2) is 8.42 Å². The number of ether oxygens (including phenoxy) is 1. The van der Waals surface area contributed by atoms with Crippen LogP contribution < -0.4 is 0 Å². The van der Waals surface area contributed by atoms with Crippen LogP contribution in [0.1, 0.15) is 17.5 Å². The van der Waals surface area contributed by atoms with Crippen molar-refractivity contribution >= 4 is 15.9 Å². The molecule has 0 unspecified atom stereocenters. The molecule has 2 bridgehead atoms. The Morgan fingerprint density at radius 2 is 1.93 bits per heavy atom. The molecule has 0 radical (unpaired) electrons. The van der Waals surface area contributed by atoms with Crippen LogP contribution in [-0.4, -0.2) is 65.1 Å². The molecule has 1 aromatic heterocycles. The summed E-state index contributed by atoms with van der Waals surface area (Å²) in [6.07, 6.45) is 3.90. The first-order valence-corrected chi connectivity index (χ1v) is 11.3. The van der Waals surface area contributed by atoms with Crippen molar-refractivity contribution in [2.24, 2.45) is 0 Å². The van der Waals surface area contributed by atoms with E-state index in [1.54, 1.807) is 23.4 Å². The summed E-state index contributed by atoms with van der Waals surface area (Å²) >= 11 is 0. The number of likely N-dealkylation sites (tertiary alicyclic amines) is 1. The Balaban J connectivity index is 1.36. The number of carbonyl (C=O) groups excluding carboxylic acids is 1. The molecule has 3 fully saturated rings. The van der Waals surface area contributed by atoms with Crippen LogP contribution in [0.4, 0.5) is 0 Å². The summed E-state index contributed by atoms with van der Waals surface area (Å²) in [5.74, 6) is 0.0210. The molecule has 1 aromatic carbocycles. The number of carbonyl (C=O) groups is 1. The highest BCUT2D eigenvalue weighted by atomic mass is 32.2. The van der Waals surface area contributed by atoms with Gasteiger partial charge in [0.15, 0.2) is 0 Å². The third kappa shape index (κ3) is 3.25. The van der Waals surface area contributed by atoms with Gasteiger partial charge in [0.05, 0.1) is 19.1 Å². The largest absolute Gasteiger partial charge is 0.365 e. The van der Waals surface area contributed by atoms with Gasteiger partial charge in [0.2, 0.25) is 15.9 Å². The van der Waals surface area contributed by atoms with Crippen LogP contribution in [0, 0.1) is 0 Å². The van der Waals surface area contributed by atoms with Gasteiger partial charge < -0.3 is 9.64 Å². The Morgan fingerprint density at radius 1 is 1.14 bits per heavy atom.